The summed E-state index contributed by atoms with van der Waals surface area (Å²) in [6, 6.07) is 8.46. The van der Waals surface area contributed by atoms with E-state index in [-0.39, 0.29) is 18.3 Å². The van der Waals surface area contributed by atoms with E-state index in [9.17, 15) is 4.79 Å². The van der Waals surface area contributed by atoms with Crippen molar-refractivity contribution in [1.82, 2.24) is 4.90 Å². The van der Waals surface area contributed by atoms with Crippen LogP contribution in [0.4, 0.5) is 5.69 Å². The molecule has 1 aromatic carbocycles. The lowest BCUT2D eigenvalue weighted by Crippen LogP contribution is -2.34. The molecular weight excluding hydrogens is 310 g/mol. The summed E-state index contributed by atoms with van der Waals surface area (Å²) in [7, 11) is 0. The van der Waals surface area contributed by atoms with Gasteiger partial charge in [-0.2, -0.15) is 0 Å². The topological polar surface area (TPSA) is 58.4 Å². The number of anilines is 1. The van der Waals surface area contributed by atoms with Crippen LogP contribution in [0.25, 0.3) is 0 Å². The lowest BCUT2D eigenvalue weighted by molar-refractivity contribution is -0.117. The van der Waals surface area contributed by atoms with E-state index in [2.05, 4.69) is 36.2 Å². The van der Waals surface area contributed by atoms with Crippen molar-refractivity contribution >= 4 is 24.0 Å². The van der Waals surface area contributed by atoms with Gasteiger partial charge in [-0.15, -0.1) is 12.4 Å². The van der Waals surface area contributed by atoms with Crippen LogP contribution in [0.1, 0.15) is 38.2 Å². The highest BCUT2D eigenvalue weighted by Crippen LogP contribution is 2.36. The molecule has 1 saturated carbocycles. The third-order valence-corrected chi connectivity index (χ3v) is 5.19. The Morgan fingerprint density at radius 1 is 1.35 bits per heavy atom. The number of nitrogens with zero attached hydrogens (tertiary/aromatic N) is 1. The molecule has 0 aromatic heterocycles. The Kier molecular flexibility index (Phi) is 6.06. The van der Waals surface area contributed by atoms with Gasteiger partial charge in [0.05, 0.1) is 6.54 Å². The zero-order valence-electron chi connectivity index (χ0n) is 14.0. The summed E-state index contributed by atoms with van der Waals surface area (Å²) in [6.45, 7) is 6.80. The van der Waals surface area contributed by atoms with Crippen molar-refractivity contribution in [1.29, 1.82) is 0 Å². The average molecular weight is 338 g/mol. The minimum Gasteiger partial charge on any atom is -0.327 e. The molecular formula is C18H28ClN3O. The average Bonchev–Trinajstić information content (AvgIpc) is 3.01. The summed E-state index contributed by atoms with van der Waals surface area (Å²) in [6.07, 6.45) is 2.37. The molecule has 0 bridgehead atoms. The molecule has 1 heterocycles. The molecule has 2 fully saturated rings. The zero-order chi connectivity index (χ0) is 15.7. The van der Waals surface area contributed by atoms with Gasteiger partial charge in [0, 0.05) is 24.8 Å². The Balaban J connectivity index is 0.00000192. The van der Waals surface area contributed by atoms with Gasteiger partial charge < -0.3 is 11.1 Å². The molecule has 23 heavy (non-hydrogen) atoms. The van der Waals surface area contributed by atoms with Gasteiger partial charge in [-0.3, -0.25) is 9.69 Å². The maximum absolute atomic E-state index is 12.3. The smallest absolute Gasteiger partial charge is 0.238 e. The van der Waals surface area contributed by atoms with Crippen molar-refractivity contribution in [2.24, 2.45) is 17.6 Å². The van der Waals surface area contributed by atoms with Crippen molar-refractivity contribution in [2.45, 2.75) is 38.6 Å². The molecule has 4 nitrogen and oxygen atoms in total. The fraction of sp³-hybridized carbons (Fsp3) is 0.611. The number of hydrogen-bond donors (Lipinski definition) is 2. The van der Waals surface area contributed by atoms with Crippen molar-refractivity contribution in [3.05, 3.63) is 29.8 Å². The molecule has 5 heteroatoms. The van der Waals surface area contributed by atoms with Gasteiger partial charge >= 0.3 is 0 Å². The maximum atomic E-state index is 12.3. The normalized spacial score (nSPS) is 26.9. The predicted molar refractivity (Wildman–Crippen MR) is 97.0 cm³/mol. The van der Waals surface area contributed by atoms with Crippen LogP contribution < -0.4 is 11.1 Å². The summed E-state index contributed by atoms with van der Waals surface area (Å²) in [5.74, 6) is 1.84. The standard InChI is InChI=1S/C18H27N3O.ClH/c1-12(2)13-4-3-5-15(8-13)20-18(22)11-21-9-14-6-7-17(19)16(14)10-21;/h3-5,8,12,14,16-17H,6-7,9-11,19H2,1-2H3,(H,20,22);1H. The van der Waals surface area contributed by atoms with E-state index < -0.39 is 0 Å². The molecule has 0 radical (unpaired) electrons. The number of amides is 1. The van der Waals surface area contributed by atoms with E-state index in [0.29, 0.717) is 30.3 Å². The van der Waals surface area contributed by atoms with E-state index in [1.807, 2.05) is 12.1 Å². The van der Waals surface area contributed by atoms with E-state index >= 15 is 0 Å². The van der Waals surface area contributed by atoms with Gasteiger partial charge in [0.15, 0.2) is 0 Å². The third-order valence-electron chi connectivity index (χ3n) is 5.19. The molecule has 0 spiro atoms. The largest absolute Gasteiger partial charge is 0.327 e. The highest BCUT2D eigenvalue weighted by molar-refractivity contribution is 5.92. The van der Waals surface area contributed by atoms with Gasteiger partial charge in [0.2, 0.25) is 5.91 Å². The number of halogens is 1. The lowest BCUT2D eigenvalue weighted by Gasteiger charge is -2.18. The Labute approximate surface area is 145 Å². The lowest BCUT2D eigenvalue weighted by atomic mass is 9.98. The van der Waals surface area contributed by atoms with Gasteiger partial charge in [-0.1, -0.05) is 26.0 Å². The zero-order valence-corrected chi connectivity index (χ0v) is 14.8. The van der Waals surface area contributed by atoms with E-state index in [4.69, 9.17) is 5.73 Å². The quantitative estimate of drug-likeness (QED) is 0.888. The monoisotopic (exact) mass is 337 g/mol. The fourth-order valence-corrected chi connectivity index (χ4v) is 3.91. The Hall–Kier alpha value is -1.10. The molecule has 1 saturated heterocycles. The molecule has 1 amide bonds. The molecule has 2 aliphatic rings. The minimum absolute atomic E-state index is 0. The summed E-state index contributed by atoms with van der Waals surface area (Å²) in [5, 5.41) is 3.03. The first-order chi connectivity index (χ1) is 10.5. The number of likely N-dealkylation sites (tertiary alicyclic amines) is 1. The second-order valence-electron chi connectivity index (χ2n) is 7.19. The Morgan fingerprint density at radius 3 is 2.83 bits per heavy atom. The Morgan fingerprint density at radius 2 is 2.13 bits per heavy atom. The molecule has 3 atom stereocenters. The van der Waals surface area contributed by atoms with E-state index in [1.54, 1.807) is 0 Å². The Bertz CT molecular complexity index is 549. The predicted octanol–water partition coefficient (Wildman–Crippen LogP) is 2.84. The third kappa shape index (κ3) is 4.25. The van der Waals surface area contributed by atoms with Crippen LogP contribution in [0, 0.1) is 11.8 Å². The number of benzene rings is 1. The van der Waals surface area contributed by atoms with E-state index in [0.717, 1.165) is 25.2 Å². The van der Waals surface area contributed by atoms with Crippen LogP contribution in [-0.4, -0.2) is 36.5 Å². The summed E-state index contributed by atoms with van der Waals surface area (Å²) < 4.78 is 0. The molecule has 3 rings (SSSR count). The first-order valence-electron chi connectivity index (χ1n) is 8.40. The maximum Gasteiger partial charge on any atom is 0.238 e. The minimum atomic E-state index is 0. The fourth-order valence-electron chi connectivity index (χ4n) is 3.91. The molecule has 1 aliphatic heterocycles. The number of nitrogens with two attached hydrogens (primary N) is 1. The highest BCUT2D eigenvalue weighted by Gasteiger charge is 2.41. The van der Waals surface area contributed by atoms with Crippen molar-refractivity contribution in [2.75, 3.05) is 25.0 Å². The molecule has 128 valence electrons. The van der Waals surface area contributed by atoms with Gasteiger partial charge in [0.25, 0.3) is 0 Å². The van der Waals surface area contributed by atoms with E-state index in [1.165, 1.54) is 12.0 Å². The first-order valence-corrected chi connectivity index (χ1v) is 8.40. The van der Waals surface area contributed by atoms with Crippen LogP contribution in [0.15, 0.2) is 24.3 Å². The van der Waals surface area contributed by atoms with Crippen LogP contribution in [0.2, 0.25) is 0 Å². The molecule has 3 N–H and O–H groups in total. The van der Waals surface area contributed by atoms with Crippen molar-refractivity contribution in [3.63, 3.8) is 0 Å². The van der Waals surface area contributed by atoms with Crippen molar-refractivity contribution in [3.8, 4) is 0 Å². The number of fused-ring (bicyclic) bond motifs is 1. The number of rotatable bonds is 4. The first kappa shape index (κ1) is 18.2. The van der Waals surface area contributed by atoms with Gasteiger partial charge in [0.1, 0.15) is 0 Å². The number of carbonyl (C=O) groups is 1. The number of carbonyl (C=O) groups excluding carboxylic acids is 1. The number of hydrogen-bond acceptors (Lipinski definition) is 3. The second-order valence-corrected chi connectivity index (χ2v) is 7.19. The van der Waals surface area contributed by atoms with Gasteiger partial charge in [-0.25, -0.2) is 0 Å². The van der Waals surface area contributed by atoms with Crippen LogP contribution in [0.3, 0.4) is 0 Å². The summed E-state index contributed by atoms with van der Waals surface area (Å²) in [5.41, 5.74) is 8.30. The summed E-state index contributed by atoms with van der Waals surface area (Å²) in [4.78, 5) is 14.5. The molecule has 3 unspecified atom stereocenters. The number of nitrogens with one attached hydrogen (secondary N) is 1. The highest BCUT2D eigenvalue weighted by atomic mass is 35.5. The molecule has 1 aliphatic carbocycles. The second kappa shape index (κ2) is 7.65. The summed E-state index contributed by atoms with van der Waals surface area (Å²) >= 11 is 0. The van der Waals surface area contributed by atoms with Crippen molar-refractivity contribution < 1.29 is 4.79 Å². The van der Waals surface area contributed by atoms with Crippen LogP contribution >= 0.6 is 12.4 Å². The van der Waals surface area contributed by atoms with Crippen LogP contribution in [0.5, 0.6) is 0 Å². The van der Waals surface area contributed by atoms with Gasteiger partial charge in [-0.05, 0) is 48.3 Å². The van der Waals surface area contributed by atoms with Crippen LogP contribution in [-0.2, 0) is 4.79 Å². The molecule has 1 aromatic rings. The SMILES string of the molecule is CC(C)c1cccc(NC(=O)CN2CC3CCC(N)C3C2)c1.Cl.